The lowest BCUT2D eigenvalue weighted by Crippen LogP contribution is -2.31. The van der Waals surface area contributed by atoms with Crippen molar-refractivity contribution in [2.75, 3.05) is 13.1 Å². The van der Waals surface area contributed by atoms with Gasteiger partial charge in [0.1, 0.15) is 0 Å². The van der Waals surface area contributed by atoms with Crippen LogP contribution in [-0.2, 0) is 11.3 Å². The summed E-state index contributed by atoms with van der Waals surface area (Å²) in [5, 5.41) is 9.21. The van der Waals surface area contributed by atoms with Crippen LogP contribution in [0, 0.1) is 12.3 Å². The molecule has 1 aromatic carbocycles. The van der Waals surface area contributed by atoms with Gasteiger partial charge in [0.15, 0.2) is 0 Å². The van der Waals surface area contributed by atoms with Crippen molar-refractivity contribution in [2.24, 2.45) is 5.41 Å². The first-order valence-electron chi connectivity index (χ1n) is 6.11. The molecular formula is C14H18BrNO2. The Hall–Kier alpha value is -0.870. The molecular weight excluding hydrogens is 294 g/mol. The second-order valence-electron chi connectivity index (χ2n) is 5.40. The number of halogens is 1. The van der Waals surface area contributed by atoms with E-state index in [1.54, 1.807) is 0 Å². The molecule has 1 aliphatic rings. The number of benzene rings is 1. The number of hydrogen-bond acceptors (Lipinski definition) is 2. The van der Waals surface area contributed by atoms with Crippen LogP contribution in [0.3, 0.4) is 0 Å². The maximum Gasteiger partial charge on any atom is 0.310 e. The molecule has 1 fully saturated rings. The summed E-state index contributed by atoms with van der Waals surface area (Å²) in [4.78, 5) is 13.4. The molecule has 0 saturated carbocycles. The minimum atomic E-state index is -0.683. The van der Waals surface area contributed by atoms with Gasteiger partial charge in [0.05, 0.1) is 5.41 Å². The van der Waals surface area contributed by atoms with E-state index in [2.05, 4.69) is 39.9 Å². The molecule has 3 nitrogen and oxygen atoms in total. The van der Waals surface area contributed by atoms with Crippen molar-refractivity contribution in [3.05, 3.63) is 33.8 Å². The maximum atomic E-state index is 11.2. The van der Waals surface area contributed by atoms with Crippen LogP contribution < -0.4 is 0 Å². The number of carboxylic acid groups (broad SMARTS) is 1. The van der Waals surface area contributed by atoms with E-state index in [0.29, 0.717) is 6.54 Å². The van der Waals surface area contributed by atoms with Crippen LogP contribution >= 0.6 is 15.9 Å². The van der Waals surface area contributed by atoms with Crippen molar-refractivity contribution < 1.29 is 9.90 Å². The highest BCUT2D eigenvalue weighted by Crippen LogP contribution is 2.31. The van der Waals surface area contributed by atoms with E-state index in [9.17, 15) is 9.90 Å². The zero-order chi connectivity index (χ0) is 13.3. The summed E-state index contributed by atoms with van der Waals surface area (Å²) < 4.78 is 1.08. The summed E-state index contributed by atoms with van der Waals surface area (Å²) in [7, 11) is 0. The van der Waals surface area contributed by atoms with Crippen LogP contribution in [-0.4, -0.2) is 29.1 Å². The lowest BCUT2D eigenvalue weighted by atomic mass is 9.90. The number of likely N-dealkylation sites (tertiary alicyclic amines) is 1. The predicted octanol–water partition coefficient (Wildman–Crippen LogP) is 3.05. The first-order chi connectivity index (χ1) is 8.40. The van der Waals surface area contributed by atoms with Gasteiger partial charge in [-0.3, -0.25) is 9.69 Å². The maximum absolute atomic E-state index is 11.2. The average Bonchev–Trinajstić information content (AvgIpc) is 2.66. The normalized spacial score (nSPS) is 24.4. The van der Waals surface area contributed by atoms with Gasteiger partial charge in [0.2, 0.25) is 0 Å². The third-order valence-corrected chi connectivity index (χ3v) is 4.26. The van der Waals surface area contributed by atoms with Gasteiger partial charge in [-0.15, -0.1) is 0 Å². The van der Waals surface area contributed by atoms with Crippen LogP contribution in [0.2, 0.25) is 0 Å². The summed E-state index contributed by atoms with van der Waals surface area (Å²) in [5.74, 6) is -0.683. The first kappa shape index (κ1) is 13.6. The van der Waals surface area contributed by atoms with Gasteiger partial charge in [-0.25, -0.2) is 0 Å². The Bertz CT molecular complexity index is 475. The Balaban J connectivity index is 2.06. The summed E-state index contributed by atoms with van der Waals surface area (Å²) in [6.07, 6.45) is 0.734. The van der Waals surface area contributed by atoms with Crippen LogP contribution in [0.15, 0.2) is 22.7 Å². The van der Waals surface area contributed by atoms with E-state index in [1.807, 2.05) is 13.0 Å². The molecule has 4 heteroatoms. The van der Waals surface area contributed by atoms with Gasteiger partial charge >= 0.3 is 5.97 Å². The topological polar surface area (TPSA) is 40.5 Å². The zero-order valence-corrected chi connectivity index (χ0v) is 12.3. The highest BCUT2D eigenvalue weighted by molar-refractivity contribution is 9.10. The van der Waals surface area contributed by atoms with Gasteiger partial charge in [-0.2, -0.15) is 0 Å². The number of carboxylic acids is 1. The zero-order valence-electron chi connectivity index (χ0n) is 10.7. The van der Waals surface area contributed by atoms with E-state index in [4.69, 9.17) is 0 Å². The highest BCUT2D eigenvalue weighted by atomic mass is 79.9. The molecule has 1 unspecified atom stereocenters. The fourth-order valence-electron chi connectivity index (χ4n) is 2.44. The van der Waals surface area contributed by atoms with Crippen molar-refractivity contribution >= 4 is 21.9 Å². The van der Waals surface area contributed by atoms with Crippen LogP contribution in [0.5, 0.6) is 0 Å². The molecule has 0 spiro atoms. The summed E-state index contributed by atoms with van der Waals surface area (Å²) in [5.41, 5.74) is 1.93. The van der Waals surface area contributed by atoms with Gasteiger partial charge in [0.25, 0.3) is 0 Å². The highest BCUT2D eigenvalue weighted by Gasteiger charge is 2.40. The Morgan fingerprint density at radius 3 is 2.83 bits per heavy atom. The minimum Gasteiger partial charge on any atom is -0.481 e. The fraction of sp³-hybridized carbons (Fsp3) is 0.500. The van der Waals surface area contributed by atoms with Crippen molar-refractivity contribution in [3.63, 3.8) is 0 Å². The van der Waals surface area contributed by atoms with Crippen molar-refractivity contribution in [1.29, 1.82) is 0 Å². The Kier molecular flexibility index (Phi) is 3.78. The van der Waals surface area contributed by atoms with E-state index >= 15 is 0 Å². The number of rotatable bonds is 3. The lowest BCUT2D eigenvalue weighted by Gasteiger charge is -2.20. The third kappa shape index (κ3) is 2.75. The van der Waals surface area contributed by atoms with Crippen molar-refractivity contribution in [2.45, 2.75) is 26.8 Å². The van der Waals surface area contributed by atoms with E-state index in [0.717, 1.165) is 24.0 Å². The number of carbonyl (C=O) groups is 1. The standard InChI is InChI=1S/C14H18BrNO2/c1-10-7-12(15)4-3-11(10)8-16-6-5-14(2,9-16)13(17)18/h3-4,7H,5-6,8-9H2,1-2H3,(H,17,18). The summed E-state index contributed by atoms with van der Waals surface area (Å²) in [6, 6.07) is 6.24. The molecule has 2 rings (SSSR count). The van der Waals surface area contributed by atoms with Crippen molar-refractivity contribution in [3.8, 4) is 0 Å². The molecule has 0 bridgehead atoms. The van der Waals surface area contributed by atoms with E-state index in [-0.39, 0.29) is 0 Å². The second-order valence-corrected chi connectivity index (χ2v) is 6.31. The molecule has 0 aromatic heterocycles. The number of aliphatic carboxylic acids is 1. The smallest absolute Gasteiger partial charge is 0.310 e. The molecule has 1 atom stereocenters. The molecule has 98 valence electrons. The largest absolute Gasteiger partial charge is 0.481 e. The predicted molar refractivity (Wildman–Crippen MR) is 74.5 cm³/mol. The van der Waals surface area contributed by atoms with Crippen LogP contribution in [0.25, 0.3) is 0 Å². The molecule has 1 heterocycles. The number of hydrogen-bond donors (Lipinski definition) is 1. The molecule has 0 amide bonds. The minimum absolute atomic E-state index is 0.580. The van der Waals surface area contributed by atoms with Gasteiger partial charge in [-0.05, 0) is 50.1 Å². The third-order valence-electron chi connectivity index (χ3n) is 3.77. The Morgan fingerprint density at radius 1 is 1.56 bits per heavy atom. The van der Waals surface area contributed by atoms with Gasteiger partial charge in [-0.1, -0.05) is 22.0 Å². The first-order valence-corrected chi connectivity index (χ1v) is 6.91. The molecule has 18 heavy (non-hydrogen) atoms. The average molecular weight is 312 g/mol. The molecule has 1 aliphatic heterocycles. The molecule has 1 N–H and O–H groups in total. The van der Waals surface area contributed by atoms with Gasteiger partial charge < -0.3 is 5.11 Å². The quantitative estimate of drug-likeness (QED) is 0.932. The van der Waals surface area contributed by atoms with E-state index in [1.165, 1.54) is 11.1 Å². The molecule has 1 saturated heterocycles. The number of nitrogens with zero attached hydrogens (tertiary/aromatic N) is 1. The molecule has 0 aliphatic carbocycles. The van der Waals surface area contributed by atoms with Crippen LogP contribution in [0.1, 0.15) is 24.5 Å². The summed E-state index contributed by atoms with van der Waals surface area (Å²) >= 11 is 3.45. The van der Waals surface area contributed by atoms with Gasteiger partial charge in [0, 0.05) is 17.6 Å². The monoisotopic (exact) mass is 311 g/mol. The van der Waals surface area contributed by atoms with Crippen molar-refractivity contribution in [1.82, 2.24) is 4.90 Å². The molecule has 1 aromatic rings. The molecule has 0 radical (unpaired) electrons. The van der Waals surface area contributed by atoms with Crippen LogP contribution in [0.4, 0.5) is 0 Å². The van der Waals surface area contributed by atoms with E-state index < -0.39 is 11.4 Å². The SMILES string of the molecule is Cc1cc(Br)ccc1CN1CCC(C)(C(=O)O)C1. The second kappa shape index (κ2) is 5.02. The summed E-state index contributed by atoms with van der Waals surface area (Å²) in [6.45, 7) is 6.26. The Morgan fingerprint density at radius 2 is 2.28 bits per heavy atom. The number of aryl methyl sites for hydroxylation is 1. The fourth-order valence-corrected chi connectivity index (χ4v) is 2.92. The Labute approximate surface area is 116 Å². The lowest BCUT2D eigenvalue weighted by molar-refractivity contribution is -0.147.